The summed E-state index contributed by atoms with van der Waals surface area (Å²) in [5, 5.41) is 3.98. The normalized spacial score (nSPS) is 13.5. The zero-order chi connectivity index (χ0) is 14.0. The molecule has 3 nitrogen and oxygen atoms in total. The number of thiazole rings is 1. The number of hydrogen-bond acceptors (Lipinski definition) is 5. The Hall–Kier alpha value is -1.12. The Morgan fingerprint density at radius 1 is 1.37 bits per heavy atom. The van der Waals surface area contributed by atoms with E-state index in [0.29, 0.717) is 22.0 Å². The molecule has 0 aliphatic heterocycles. The molecule has 2 rings (SSSR count). The molecule has 2 aromatic heterocycles. The molecule has 0 saturated carbocycles. The van der Waals surface area contributed by atoms with Crippen LogP contribution in [0.1, 0.15) is 20.8 Å². The highest BCUT2D eigenvalue weighted by Gasteiger charge is 2.35. The van der Waals surface area contributed by atoms with Crippen LogP contribution in [-0.2, 0) is 6.18 Å². The molecule has 0 saturated heterocycles. The Balaban J connectivity index is 2.29. The summed E-state index contributed by atoms with van der Waals surface area (Å²) in [5.41, 5.74) is 0. The topological polar surface area (TPSA) is 34.1 Å². The lowest BCUT2D eigenvalue weighted by Crippen LogP contribution is -2.15. The van der Waals surface area contributed by atoms with E-state index in [4.69, 9.17) is 4.74 Å². The van der Waals surface area contributed by atoms with Crippen molar-refractivity contribution in [2.45, 2.75) is 12.2 Å². The first kappa shape index (κ1) is 14.3. The first-order chi connectivity index (χ1) is 8.95. The van der Waals surface area contributed by atoms with Crippen molar-refractivity contribution in [3.05, 3.63) is 32.4 Å². The van der Waals surface area contributed by atoms with Crippen LogP contribution in [0.15, 0.2) is 17.6 Å². The van der Waals surface area contributed by atoms with E-state index in [1.165, 1.54) is 17.5 Å². The third-order valence-corrected chi connectivity index (χ3v) is 4.54. The van der Waals surface area contributed by atoms with Crippen LogP contribution in [0, 0.1) is 0 Å². The van der Waals surface area contributed by atoms with E-state index in [1.54, 1.807) is 20.2 Å². The second-order valence-electron chi connectivity index (χ2n) is 3.68. The Bertz CT molecular complexity index is 550. The molecular formula is C11H11F3N2OS2. The van der Waals surface area contributed by atoms with Crippen molar-refractivity contribution in [3.63, 3.8) is 0 Å². The fraction of sp³-hybridized carbons (Fsp3) is 0.364. The first-order valence-corrected chi connectivity index (χ1v) is 6.98. The van der Waals surface area contributed by atoms with E-state index >= 15 is 0 Å². The van der Waals surface area contributed by atoms with Gasteiger partial charge < -0.3 is 10.1 Å². The van der Waals surface area contributed by atoms with Crippen molar-refractivity contribution in [2.75, 3.05) is 14.2 Å². The largest absolute Gasteiger partial charge is 0.496 e. The molecule has 0 bridgehead atoms. The van der Waals surface area contributed by atoms with Gasteiger partial charge in [-0.15, -0.1) is 22.7 Å². The number of rotatable bonds is 4. The van der Waals surface area contributed by atoms with Crippen LogP contribution in [-0.4, -0.2) is 19.1 Å². The monoisotopic (exact) mass is 308 g/mol. The maximum atomic E-state index is 12.5. The van der Waals surface area contributed by atoms with Gasteiger partial charge in [-0.3, -0.25) is 0 Å². The number of aromatic nitrogens is 1. The van der Waals surface area contributed by atoms with E-state index < -0.39 is 11.2 Å². The highest BCUT2D eigenvalue weighted by molar-refractivity contribution is 7.12. The average Bonchev–Trinajstić information content (AvgIpc) is 2.98. The van der Waals surface area contributed by atoms with Crippen LogP contribution in [0.3, 0.4) is 0 Å². The van der Waals surface area contributed by atoms with Gasteiger partial charge >= 0.3 is 6.18 Å². The van der Waals surface area contributed by atoms with Gasteiger partial charge in [0.05, 0.1) is 13.2 Å². The second-order valence-corrected chi connectivity index (χ2v) is 5.68. The molecule has 19 heavy (non-hydrogen) atoms. The number of methoxy groups -OCH3 is 1. The number of hydrogen-bond donors (Lipinski definition) is 1. The summed E-state index contributed by atoms with van der Waals surface area (Å²) in [6, 6.07) is 1.50. The van der Waals surface area contributed by atoms with E-state index in [0.717, 1.165) is 4.88 Å². The SMILES string of the molecule is CNC(c1cc(OC)cs1)c1cnc(C(F)(F)F)s1. The van der Waals surface area contributed by atoms with Gasteiger partial charge in [0, 0.05) is 21.3 Å². The summed E-state index contributed by atoms with van der Waals surface area (Å²) < 4.78 is 42.7. The molecule has 1 unspecified atom stereocenters. The molecule has 1 N–H and O–H groups in total. The van der Waals surface area contributed by atoms with E-state index in [9.17, 15) is 13.2 Å². The lowest BCUT2D eigenvalue weighted by Gasteiger charge is -2.11. The number of nitrogens with zero attached hydrogens (tertiary/aromatic N) is 1. The van der Waals surface area contributed by atoms with Gasteiger partial charge in [0.25, 0.3) is 0 Å². The standard InChI is InChI=1S/C11H11F3N2OS2/c1-15-9(7-3-6(17-2)5-18-7)8-4-16-10(19-8)11(12,13)14/h3-5,9,15H,1-2H3. The summed E-state index contributed by atoms with van der Waals surface area (Å²) >= 11 is 2.08. The fourth-order valence-corrected chi connectivity index (χ4v) is 3.54. The van der Waals surface area contributed by atoms with E-state index in [2.05, 4.69) is 10.3 Å². The quantitative estimate of drug-likeness (QED) is 0.938. The van der Waals surface area contributed by atoms with E-state index in [1.807, 2.05) is 5.38 Å². The third-order valence-electron chi connectivity index (χ3n) is 2.46. The minimum atomic E-state index is -4.39. The summed E-state index contributed by atoms with van der Waals surface area (Å²) in [6.07, 6.45) is -3.13. The summed E-state index contributed by atoms with van der Waals surface area (Å²) in [6.45, 7) is 0. The number of ether oxygens (including phenoxy) is 1. The summed E-state index contributed by atoms with van der Waals surface area (Å²) in [7, 11) is 3.25. The molecule has 0 aliphatic carbocycles. The molecule has 104 valence electrons. The molecule has 2 aromatic rings. The van der Waals surface area contributed by atoms with Gasteiger partial charge in [-0.1, -0.05) is 0 Å². The molecule has 0 aromatic carbocycles. The Labute approximate surface area is 116 Å². The number of thiophene rings is 1. The maximum absolute atomic E-state index is 12.5. The third kappa shape index (κ3) is 3.07. The number of nitrogens with one attached hydrogen (secondary N) is 1. The van der Waals surface area contributed by atoms with E-state index in [-0.39, 0.29) is 6.04 Å². The highest BCUT2D eigenvalue weighted by Crippen LogP contribution is 2.37. The molecule has 1 atom stereocenters. The van der Waals surface area contributed by atoms with Crippen molar-refractivity contribution >= 4 is 22.7 Å². The van der Waals surface area contributed by atoms with Crippen LogP contribution in [0.25, 0.3) is 0 Å². The number of alkyl halides is 3. The molecule has 0 aliphatic rings. The Morgan fingerprint density at radius 2 is 2.11 bits per heavy atom. The van der Waals surface area contributed by atoms with Crippen LogP contribution >= 0.6 is 22.7 Å². The molecule has 0 radical (unpaired) electrons. The maximum Gasteiger partial charge on any atom is 0.443 e. The van der Waals surface area contributed by atoms with Gasteiger partial charge in [0.15, 0.2) is 5.01 Å². The van der Waals surface area contributed by atoms with Crippen LogP contribution < -0.4 is 10.1 Å². The average molecular weight is 308 g/mol. The predicted molar refractivity (Wildman–Crippen MR) is 68.9 cm³/mol. The van der Waals surface area contributed by atoms with Gasteiger partial charge in [-0.25, -0.2) is 4.98 Å². The van der Waals surface area contributed by atoms with Gasteiger partial charge in [-0.05, 0) is 13.1 Å². The second kappa shape index (κ2) is 5.48. The molecule has 8 heteroatoms. The van der Waals surface area contributed by atoms with Crippen molar-refractivity contribution in [1.29, 1.82) is 0 Å². The summed E-state index contributed by atoms with van der Waals surface area (Å²) in [5.74, 6) is 0.695. The van der Waals surface area contributed by atoms with Crippen molar-refractivity contribution < 1.29 is 17.9 Å². The Morgan fingerprint density at radius 3 is 2.58 bits per heavy atom. The lowest BCUT2D eigenvalue weighted by molar-refractivity contribution is -0.137. The van der Waals surface area contributed by atoms with Crippen LogP contribution in [0.4, 0.5) is 13.2 Å². The molecule has 0 fully saturated rings. The molecule has 0 amide bonds. The zero-order valence-electron chi connectivity index (χ0n) is 10.1. The van der Waals surface area contributed by atoms with Crippen molar-refractivity contribution in [2.24, 2.45) is 0 Å². The smallest absolute Gasteiger partial charge is 0.443 e. The van der Waals surface area contributed by atoms with Gasteiger partial charge in [0.1, 0.15) is 5.75 Å². The van der Waals surface area contributed by atoms with Crippen LogP contribution in [0.2, 0.25) is 0 Å². The van der Waals surface area contributed by atoms with Crippen molar-refractivity contribution in [3.8, 4) is 5.75 Å². The predicted octanol–water partition coefficient (Wildman–Crippen LogP) is 3.54. The van der Waals surface area contributed by atoms with Gasteiger partial charge in [0.2, 0.25) is 0 Å². The molecular weight excluding hydrogens is 297 g/mol. The Kier molecular flexibility index (Phi) is 4.12. The lowest BCUT2D eigenvalue weighted by atomic mass is 10.2. The molecule has 0 spiro atoms. The van der Waals surface area contributed by atoms with Crippen molar-refractivity contribution in [1.82, 2.24) is 10.3 Å². The minimum absolute atomic E-state index is 0.303. The first-order valence-electron chi connectivity index (χ1n) is 5.28. The highest BCUT2D eigenvalue weighted by atomic mass is 32.1. The fourth-order valence-electron chi connectivity index (χ4n) is 1.57. The summed E-state index contributed by atoms with van der Waals surface area (Å²) in [4.78, 5) is 4.85. The van der Waals surface area contributed by atoms with Gasteiger partial charge in [-0.2, -0.15) is 13.2 Å². The zero-order valence-corrected chi connectivity index (χ0v) is 11.7. The minimum Gasteiger partial charge on any atom is -0.496 e. The molecule has 2 heterocycles. The van der Waals surface area contributed by atoms with Crippen LogP contribution in [0.5, 0.6) is 5.75 Å². The number of halogens is 3.